The van der Waals surface area contributed by atoms with Crippen LogP contribution < -0.4 is 16.4 Å². The van der Waals surface area contributed by atoms with Gasteiger partial charge in [-0.2, -0.15) is 0 Å². The van der Waals surface area contributed by atoms with Gasteiger partial charge in [0.1, 0.15) is 5.54 Å². The lowest BCUT2D eigenvalue weighted by atomic mass is 9.76. The number of hydrogen-bond acceptors (Lipinski definition) is 5. The molecule has 3 aliphatic heterocycles. The Labute approximate surface area is 170 Å². The van der Waals surface area contributed by atoms with Crippen molar-refractivity contribution in [1.29, 1.82) is 0 Å². The lowest BCUT2D eigenvalue weighted by Crippen LogP contribution is -2.54. The molecule has 0 aromatic heterocycles. The lowest BCUT2D eigenvalue weighted by Gasteiger charge is -2.31. The molecule has 4 N–H and O–H groups in total. The molecule has 4 rings (SSSR count). The second kappa shape index (κ2) is 6.38. The number of halogens is 1. The van der Waals surface area contributed by atoms with Crippen molar-refractivity contribution in [2.45, 2.75) is 44.3 Å². The molecule has 0 saturated carbocycles. The molecule has 2 saturated heterocycles. The Hall–Kier alpha value is -2.26. The van der Waals surface area contributed by atoms with E-state index < -0.39 is 35.2 Å². The van der Waals surface area contributed by atoms with Gasteiger partial charge in [0.15, 0.2) is 0 Å². The van der Waals surface area contributed by atoms with Crippen LogP contribution in [0.5, 0.6) is 0 Å². The third-order valence-electron chi connectivity index (χ3n) is 6.16. The number of benzene rings is 1. The summed E-state index contributed by atoms with van der Waals surface area (Å²) < 4.78 is 0.745. The van der Waals surface area contributed by atoms with E-state index in [-0.39, 0.29) is 24.3 Å². The van der Waals surface area contributed by atoms with E-state index >= 15 is 0 Å². The Morgan fingerprint density at radius 1 is 1.32 bits per heavy atom. The Bertz CT molecular complexity index is 919. The number of hydrogen-bond donors (Lipinski definition) is 3. The van der Waals surface area contributed by atoms with Gasteiger partial charge in [0, 0.05) is 34.2 Å². The average Bonchev–Trinajstić information content (AvgIpc) is 3.20. The number of carbonyl (C=O) groups is 4. The zero-order valence-corrected chi connectivity index (χ0v) is 17.1. The summed E-state index contributed by atoms with van der Waals surface area (Å²) in [6, 6.07) is 4.33. The van der Waals surface area contributed by atoms with Crippen LogP contribution in [0, 0.1) is 11.8 Å². The number of anilines is 1. The van der Waals surface area contributed by atoms with Gasteiger partial charge in [-0.25, -0.2) is 0 Å². The van der Waals surface area contributed by atoms with Crippen LogP contribution in [0.1, 0.15) is 32.3 Å². The van der Waals surface area contributed by atoms with Gasteiger partial charge in [0.05, 0.1) is 11.8 Å². The Morgan fingerprint density at radius 2 is 2.04 bits per heavy atom. The second-order valence-electron chi connectivity index (χ2n) is 7.68. The molecule has 1 spiro atoms. The molecular formula is C19H21BrN4O4. The normalized spacial score (nSPS) is 31.9. The molecule has 1 aromatic rings. The molecular weight excluding hydrogens is 428 g/mol. The van der Waals surface area contributed by atoms with E-state index in [0.717, 1.165) is 4.47 Å². The summed E-state index contributed by atoms with van der Waals surface area (Å²) in [5.41, 5.74) is 5.18. The third-order valence-corrected chi connectivity index (χ3v) is 6.66. The highest BCUT2D eigenvalue weighted by Gasteiger charge is 2.70. The van der Waals surface area contributed by atoms with Crippen molar-refractivity contribution in [2.75, 3.05) is 5.32 Å². The highest BCUT2D eigenvalue weighted by molar-refractivity contribution is 9.10. The van der Waals surface area contributed by atoms with E-state index in [2.05, 4.69) is 26.6 Å². The summed E-state index contributed by atoms with van der Waals surface area (Å²) >= 11 is 3.41. The molecule has 28 heavy (non-hydrogen) atoms. The van der Waals surface area contributed by atoms with Crippen molar-refractivity contribution in [3.63, 3.8) is 0 Å². The fourth-order valence-corrected chi connectivity index (χ4v) is 5.17. The SMILES string of the molecule is CC[C@@H](C)N1C(=O)[C@H]2[C@@H](C1=O)[C@@]1(N[C@@H]2CC(N)=O)C(=O)Nc2ccc(Br)cc21. The molecule has 0 radical (unpaired) electrons. The quantitative estimate of drug-likeness (QED) is 0.589. The Balaban J connectivity index is 1.90. The zero-order chi connectivity index (χ0) is 20.4. The number of rotatable bonds is 4. The lowest BCUT2D eigenvalue weighted by molar-refractivity contribution is -0.145. The smallest absolute Gasteiger partial charge is 0.250 e. The number of nitrogens with two attached hydrogens (primary N) is 1. The number of fused-ring (bicyclic) bond motifs is 4. The molecule has 8 nitrogen and oxygen atoms in total. The first-order chi connectivity index (χ1) is 13.2. The fourth-order valence-electron chi connectivity index (χ4n) is 4.80. The molecule has 0 aliphatic carbocycles. The molecule has 148 valence electrons. The van der Waals surface area contributed by atoms with Crippen molar-refractivity contribution in [3.05, 3.63) is 28.2 Å². The van der Waals surface area contributed by atoms with Crippen LogP contribution in [0.4, 0.5) is 5.69 Å². The van der Waals surface area contributed by atoms with E-state index in [4.69, 9.17) is 5.73 Å². The van der Waals surface area contributed by atoms with Crippen molar-refractivity contribution in [1.82, 2.24) is 10.2 Å². The predicted molar refractivity (Wildman–Crippen MR) is 104 cm³/mol. The second-order valence-corrected chi connectivity index (χ2v) is 8.60. The van der Waals surface area contributed by atoms with Crippen molar-refractivity contribution in [2.24, 2.45) is 17.6 Å². The minimum Gasteiger partial charge on any atom is -0.370 e. The topological polar surface area (TPSA) is 122 Å². The first-order valence-corrected chi connectivity index (χ1v) is 10.1. The van der Waals surface area contributed by atoms with E-state index in [9.17, 15) is 19.2 Å². The fraction of sp³-hybridized carbons (Fsp3) is 0.474. The van der Waals surface area contributed by atoms with Crippen molar-refractivity contribution >= 4 is 45.2 Å². The zero-order valence-electron chi connectivity index (χ0n) is 15.5. The monoisotopic (exact) mass is 448 g/mol. The molecule has 0 bridgehead atoms. The third kappa shape index (κ3) is 2.39. The molecule has 3 heterocycles. The predicted octanol–water partition coefficient (Wildman–Crippen LogP) is 0.843. The molecule has 2 fully saturated rings. The minimum atomic E-state index is -1.40. The van der Waals surface area contributed by atoms with Crippen molar-refractivity contribution in [3.8, 4) is 0 Å². The summed E-state index contributed by atoms with van der Waals surface area (Å²) in [5, 5.41) is 5.99. The number of likely N-dealkylation sites (tertiary alicyclic amines) is 1. The van der Waals surface area contributed by atoms with Gasteiger partial charge in [0.25, 0.3) is 0 Å². The van der Waals surface area contributed by atoms with Crippen LogP contribution in [0.2, 0.25) is 0 Å². The number of primary amides is 1. The van der Waals surface area contributed by atoms with Crippen LogP contribution in [-0.2, 0) is 24.7 Å². The number of carbonyl (C=O) groups excluding carboxylic acids is 4. The maximum Gasteiger partial charge on any atom is 0.250 e. The summed E-state index contributed by atoms with van der Waals surface area (Å²) in [4.78, 5) is 52.6. The van der Waals surface area contributed by atoms with Gasteiger partial charge in [-0.05, 0) is 31.5 Å². The van der Waals surface area contributed by atoms with Crippen molar-refractivity contribution < 1.29 is 19.2 Å². The summed E-state index contributed by atoms with van der Waals surface area (Å²) in [6.07, 6.45) is 0.471. The van der Waals surface area contributed by atoms with Crippen LogP contribution in [0.15, 0.2) is 22.7 Å². The van der Waals surface area contributed by atoms with E-state index in [1.54, 1.807) is 25.1 Å². The van der Waals surface area contributed by atoms with Gasteiger partial charge >= 0.3 is 0 Å². The van der Waals surface area contributed by atoms with Gasteiger partial charge in [-0.1, -0.05) is 22.9 Å². The molecule has 4 amide bonds. The first-order valence-electron chi connectivity index (χ1n) is 9.26. The van der Waals surface area contributed by atoms with E-state index in [0.29, 0.717) is 17.7 Å². The first kappa shape index (κ1) is 19.1. The van der Waals surface area contributed by atoms with Gasteiger partial charge in [-0.3, -0.25) is 29.4 Å². The summed E-state index contributed by atoms with van der Waals surface area (Å²) in [7, 11) is 0. The van der Waals surface area contributed by atoms with Crippen LogP contribution in [0.3, 0.4) is 0 Å². The van der Waals surface area contributed by atoms with E-state index in [1.165, 1.54) is 4.90 Å². The molecule has 5 atom stereocenters. The minimum absolute atomic E-state index is 0.132. The Kier molecular flexibility index (Phi) is 4.35. The van der Waals surface area contributed by atoms with Crippen LogP contribution >= 0.6 is 15.9 Å². The highest BCUT2D eigenvalue weighted by Crippen LogP contribution is 2.54. The summed E-state index contributed by atoms with van der Waals surface area (Å²) in [5.74, 6) is -3.46. The molecule has 3 aliphatic rings. The van der Waals surface area contributed by atoms with Gasteiger partial charge in [-0.15, -0.1) is 0 Å². The largest absolute Gasteiger partial charge is 0.370 e. The molecule has 0 unspecified atom stereocenters. The molecule has 9 heteroatoms. The molecule has 1 aromatic carbocycles. The van der Waals surface area contributed by atoms with Crippen LogP contribution in [-0.4, -0.2) is 40.6 Å². The number of imide groups is 1. The maximum absolute atomic E-state index is 13.4. The average molecular weight is 449 g/mol. The number of amides is 4. The van der Waals surface area contributed by atoms with E-state index in [1.807, 2.05) is 6.92 Å². The number of nitrogens with one attached hydrogen (secondary N) is 2. The Morgan fingerprint density at radius 3 is 2.68 bits per heavy atom. The summed E-state index contributed by atoms with van der Waals surface area (Å²) in [6.45, 7) is 3.70. The standard InChI is InChI=1S/C19H21BrN4O4/c1-3-8(2)24-16(26)14-12(7-13(21)25)23-19(15(14)17(24)27)10-6-9(20)4-5-11(10)22-18(19)28/h4-6,8,12,14-15,23H,3,7H2,1-2H3,(H2,21,25)(H,22,28)/t8-,12-,14-,15+,19-/m1/s1. The van der Waals surface area contributed by atoms with Crippen LogP contribution in [0.25, 0.3) is 0 Å². The number of nitrogens with zero attached hydrogens (tertiary/aromatic N) is 1. The van der Waals surface area contributed by atoms with Gasteiger partial charge < -0.3 is 11.1 Å². The maximum atomic E-state index is 13.4. The highest BCUT2D eigenvalue weighted by atomic mass is 79.9. The van der Waals surface area contributed by atoms with Gasteiger partial charge in [0.2, 0.25) is 23.6 Å².